The van der Waals surface area contributed by atoms with E-state index in [0.717, 1.165) is 37.1 Å². The van der Waals surface area contributed by atoms with Gasteiger partial charge in [0.05, 0.1) is 30.6 Å². The first-order chi connectivity index (χ1) is 18.6. The molecule has 0 aliphatic carbocycles. The van der Waals surface area contributed by atoms with Gasteiger partial charge in [0.1, 0.15) is 12.3 Å². The number of benzene rings is 2. The topological polar surface area (TPSA) is 58.5 Å². The van der Waals surface area contributed by atoms with Crippen molar-refractivity contribution in [3.8, 4) is 17.6 Å². The number of aromatic nitrogens is 1. The number of ketones is 1. The first kappa shape index (κ1) is 28.4. The summed E-state index contributed by atoms with van der Waals surface area (Å²) in [5.41, 5.74) is 2.78. The zero-order valence-corrected chi connectivity index (χ0v) is 22.6. The molecule has 2 N–H and O–H groups in total. The molecule has 1 saturated heterocycles. The molecule has 1 aromatic heterocycles. The second-order valence-electron chi connectivity index (χ2n) is 10.1. The lowest BCUT2D eigenvalue weighted by molar-refractivity contribution is -0.140. The summed E-state index contributed by atoms with van der Waals surface area (Å²) < 4.78 is 47.1. The number of alkyl halides is 3. The summed E-state index contributed by atoms with van der Waals surface area (Å²) in [5.74, 6) is 6.94. The number of piperidine rings is 1. The molecule has 2 heterocycles. The minimum absolute atomic E-state index is 0.0761. The van der Waals surface area contributed by atoms with E-state index >= 15 is 0 Å². The predicted molar refractivity (Wildman–Crippen MR) is 150 cm³/mol. The van der Waals surface area contributed by atoms with E-state index in [1.54, 1.807) is 36.4 Å². The molecule has 39 heavy (non-hydrogen) atoms. The highest BCUT2D eigenvalue weighted by Gasteiger charge is 2.30. The van der Waals surface area contributed by atoms with Crippen molar-refractivity contribution in [1.29, 1.82) is 0 Å². The Labute approximate surface area is 227 Å². The van der Waals surface area contributed by atoms with E-state index in [0.29, 0.717) is 34.1 Å². The summed E-state index contributed by atoms with van der Waals surface area (Å²) in [6.45, 7) is 3.53. The van der Waals surface area contributed by atoms with Crippen molar-refractivity contribution in [2.75, 3.05) is 51.0 Å². The van der Waals surface area contributed by atoms with Crippen molar-refractivity contribution < 1.29 is 22.7 Å². The van der Waals surface area contributed by atoms with Crippen molar-refractivity contribution >= 4 is 28.1 Å². The van der Waals surface area contributed by atoms with Crippen molar-refractivity contribution in [2.24, 2.45) is 5.92 Å². The van der Waals surface area contributed by atoms with Crippen LogP contribution in [-0.4, -0.2) is 61.8 Å². The van der Waals surface area contributed by atoms with Crippen LogP contribution in [-0.2, 0) is 6.54 Å². The van der Waals surface area contributed by atoms with Gasteiger partial charge in [-0.3, -0.25) is 4.79 Å². The fourth-order valence-electron chi connectivity index (χ4n) is 4.98. The fraction of sp³-hybridized carbons (Fsp3) is 0.433. The molecule has 4 rings (SSSR count). The van der Waals surface area contributed by atoms with Gasteiger partial charge >= 0.3 is 6.18 Å². The standard InChI is InChI=1S/C30H35F3N4O2/c1-21(38)23-9-10-27(29(18-23)39-3)34-14-5-6-24-19-25-26(35-15-11-22-12-16-36(2)17-13-22)7-4-8-28(25)37(24)20-30(31,32)33/h4,7-10,18-19,22,34-35H,11-17,20H2,1-3H3. The summed E-state index contributed by atoms with van der Waals surface area (Å²) in [6, 6.07) is 12.2. The molecule has 1 fully saturated rings. The summed E-state index contributed by atoms with van der Waals surface area (Å²) in [6.07, 6.45) is -1.01. The van der Waals surface area contributed by atoms with E-state index < -0.39 is 12.7 Å². The highest BCUT2D eigenvalue weighted by Crippen LogP contribution is 2.31. The maximum atomic E-state index is 13.5. The van der Waals surface area contributed by atoms with Gasteiger partial charge in [-0.15, -0.1) is 0 Å². The second-order valence-corrected chi connectivity index (χ2v) is 10.1. The number of likely N-dealkylation sites (tertiary alicyclic amines) is 1. The fourth-order valence-corrected chi connectivity index (χ4v) is 4.98. The largest absolute Gasteiger partial charge is 0.495 e. The van der Waals surface area contributed by atoms with Gasteiger partial charge in [0, 0.05) is 23.2 Å². The predicted octanol–water partition coefficient (Wildman–Crippen LogP) is 6.02. The Morgan fingerprint density at radius 2 is 1.87 bits per heavy atom. The van der Waals surface area contributed by atoms with Crippen LogP contribution in [0.3, 0.4) is 0 Å². The Balaban J connectivity index is 1.51. The summed E-state index contributed by atoms with van der Waals surface area (Å²) in [5, 5.41) is 7.30. The first-order valence-electron chi connectivity index (χ1n) is 13.2. The summed E-state index contributed by atoms with van der Waals surface area (Å²) in [7, 11) is 3.64. The van der Waals surface area contributed by atoms with Crippen molar-refractivity contribution in [1.82, 2.24) is 9.47 Å². The average molecular weight is 541 g/mol. The number of Topliss-reactive ketones (excluding diaryl/α,β-unsaturated/α-hetero) is 1. The first-order valence-corrected chi connectivity index (χ1v) is 13.2. The molecule has 0 radical (unpaired) electrons. The van der Waals surface area contributed by atoms with Crippen LogP contribution in [0, 0.1) is 17.8 Å². The van der Waals surface area contributed by atoms with Gasteiger partial charge in [-0.1, -0.05) is 12.0 Å². The summed E-state index contributed by atoms with van der Waals surface area (Å²) >= 11 is 0. The minimum atomic E-state index is -4.38. The Morgan fingerprint density at radius 3 is 2.56 bits per heavy atom. The molecular weight excluding hydrogens is 505 g/mol. The molecule has 0 unspecified atom stereocenters. The van der Waals surface area contributed by atoms with Gasteiger partial charge in [-0.25, -0.2) is 0 Å². The molecule has 1 aliphatic heterocycles. The lowest BCUT2D eigenvalue weighted by Crippen LogP contribution is -2.30. The van der Waals surface area contributed by atoms with Gasteiger partial charge < -0.3 is 24.8 Å². The molecule has 0 bridgehead atoms. The van der Waals surface area contributed by atoms with Crippen LogP contribution in [0.1, 0.15) is 42.2 Å². The molecule has 1 aliphatic rings. The minimum Gasteiger partial charge on any atom is -0.495 e. The second kappa shape index (κ2) is 12.5. The summed E-state index contributed by atoms with van der Waals surface area (Å²) in [4.78, 5) is 14.0. The van der Waals surface area contributed by atoms with E-state index in [9.17, 15) is 18.0 Å². The number of fused-ring (bicyclic) bond motifs is 1. The number of halogens is 3. The van der Waals surface area contributed by atoms with Gasteiger partial charge in [0.2, 0.25) is 0 Å². The number of hydrogen-bond donors (Lipinski definition) is 2. The monoisotopic (exact) mass is 540 g/mol. The third-order valence-electron chi connectivity index (χ3n) is 7.18. The molecule has 2 aromatic carbocycles. The van der Waals surface area contributed by atoms with Gasteiger partial charge in [-0.05, 0) is 94.6 Å². The van der Waals surface area contributed by atoms with Crippen molar-refractivity contribution in [3.05, 3.63) is 53.7 Å². The zero-order valence-electron chi connectivity index (χ0n) is 22.6. The highest BCUT2D eigenvalue weighted by atomic mass is 19.4. The van der Waals surface area contributed by atoms with Crippen LogP contribution in [0.4, 0.5) is 24.5 Å². The van der Waals surface area contributed by atoms with Gasteiger partial charge in [0.25, 0.3) is 0 Å². The molecule has 0 spiro atoms. The molecule has 3 aromatic rings. The SMILES string of the molecule is COc1cc(C(C)=O)ccc1NCC#Cc1cc2c(NCCC3CCN(C)CC3)cccc2n1CC(F)(F)F. The number of ether oxygens (including phenoxy) is 1. The Bertz CT molecular complexity index is 1360. The molecule has 208 valence electrons. The number of hydrogen-bond acceptors (Lipinski definition) is 5. The Hall–Kier alpha value is -3.64. The lowest BCUT2D eigenvalue weighted by atomic mass is 9.94. The van der Waals surface area contributed by atoms with Gasteiger partial charge in [-0.2, -0.15) is 13.2 Å². The van der Waals surface area contributed by atoms with E-state index in [1.807, 2.05) is 6.07 Å². The molecule has 0 atom stereocenters. The molecule has 9 heteroatoms. The number of carbonyl (C=O) groups is 1. The van der Waals surface area contributed by atoms with E-state index in [2.05, 4.69) is 34.4 Å². The number of nitrogens with zero attached hydrogens (tertiary/aromatic N) is 2. The van der Waals surface area contributed by atoms with Crippen LogP contribution in [0.5, 0.6) is 5.75 Å². The van der Waals surface area contributed by atoms with Crippen LogP contribution >= 0.6 is 0 Å². The maximum absolute atomic E-state index is 13.5. The number of carbonyl (C=O) groups excluding carboxylic acids is 1. The van der Waals surface area contributed by atoms with Crippen LogP contribution < -0.4 is 15.4 Å². The smallest absolute Gasteiger partial charge is 0.406 e. The lowest BCUT2D eigenvalue weighted by Gasteiger charge is -2.29. The normalized spacial score (nSPS) is 14.6. The highest BCUT2D eigenvalue weighted by molar-refractivity contribution is 5.95. The van der Waals surface area contributed by atoms with Gasteiger partial charge in [0.15, 0.2) is 5.78 Å². The number of methoxy groups -OCH3 is 1. The quantitative estimate of drug-likeness (QED) is 0.257. The number of nitrogens with one attached hydrogen (secondary N) is 2. The van der Waals surface area contributed by atoms with E-state index in [4.69, 9.17) is 4.74 Å². The Kier molecular flexibility index (Phi) is 9.08. The Morgan fingerprint density at radius 1 is 1.10 bits per heavy atom. The van der Waals surface area contributed by atoms with Crippen molar-refractivity contribution in [2.45, 2.75) is 38.9 Å². The average Bonchev–Trinajstić information content (AvgIpc) is 3.24. The van der Waals surface area contributed by atoms with E-state index in [-0.39, 0.29) is 12.3 Å². The third-order valence-corrected chi connectivity index (χ3v) is 7.18. The maximum Gasteiger partial charge on any atom is 0.406 e. The molecule has 0 amide bonds. The molecule has 6 nitrogen and oxygen atoms in total. The van der Waals surface area contributed by atoms with E-state index in [1.165, 1.54) is 31.4 Å². The van der Waals surface area contributed by atoms with Crippen molar-refractivity contribution in [3.63, 3.8) is 0 Å². The van der Waals surface area contributed by atoms with Crippen LogP contribution in [0.25, 0.3) is 10.9 Å². The van der Waals surface area contributed by atoms with Crippen LogP contribution in [0.2, 0.25) is 0 Å². The third kappa shape index (κ3) is 7.48. The number of rotatable bonds is 9. The zero-order chi connectivity index (χ0) is 28.0. The number of anilines is 2. The molecule has 0 saturated carbocycles. The molecular formula is C30H35F3N4O2. The van der Waals surface area contributed by atoms with Crippen LogP contribution in [0.15, 0.2) is 42.5 Å².